The lowest BCUT2D eigenvalue weighted by Crippen LogP contribution is -2.33. The number of carbonyl (C=O) groups excluding carboxylic acids is 1. The Balaban J connectivity index is 1.67. The third kappa shape index (κ3) is 4.48. The standard InChI is InChI=1S/C25H23N3O3/c1-17-8-10-18(11-9-17)16-28-23-20(6-4-12-26-23)14-22(25(28)30)24(29)27-15-19-5-3-7-21(13-19)31-2/h3-14H,15-16H2,1-2H3,(H,27,29). The minimum atomic E-state index is -0.420. The van der Waals surface area contributed by atoms with Crippen LogP contribution >= 0.6 is 0 Å². The summed E-state index contributed by atoms with van der Waals surface area (Å²) >= 11 is 0. The minimum Gasteiger partial charge on any atom is -0.497 e. The summed E-state index contributed by atoms with van der Waals surface area (Å²) in [4.78, 5) is 30.5. The monoisotopic (exact) mass is 413 g/mol. The fraction of sp³-hybridized carbons (Fsp3) is 0.160. The van der Waals surface area contributed by atoms with Crippen LogP contribution < -0.4 is 15.6 Å². The van der Waals surface area contributed by atoms with Crippen molar-refractivity contribution >= 4 is 16.9 Å². The van der Waals surface area contributed by atoms with Crippen LogP contribution in [0.4, 0.5) is 0 Å². The highest BCUT2D eigenvalue weighted by Gasteiger charge is 2.16. The maximum Gasteiger partial charge on any atom is 0.265 e. The Labute approximate surface area is 180 Å². The molecule has 6 heteroatoms. The fourth-order valence-corrected chi connectivity index (χ4v) is 3.45. The lowest BCUT2D eigenvalue weighted by molar-refractivity contribution is 0.0949. The van der Waals surface area contributed by atoms with Crippen molar-refractivity contribution in [3.63, 3.8) is 0 Å². The van der Waals surface area contributed by atoms with Gasteiger partial charge in [0.2, 0.25) is 0 Å². The molecule has 0 saturated carbocycles. The topological polar surface area (TPSA) is 73.2 Å². The van der Waals surface area contributed by atoms with Gasteiger partial charge in [-0.2, -0.15) is 0 Å². The highest BCUT2D eigenvalue weighted by atomic mass is 16.5. The van der Waals surface area contributed by atoms with E-state index in [4.69, 9.17) is 4.74 Å². The molecule has 0 aliphatic carbocycles. The SMILES string of the molecule is COc1cccc(CNC(=O)c2cc3cccnc3n(Cc3ccc(C)cc3)c2=O)c1. The molecule has 0 atom stereocenters. The van der Waals surface area contributed by atoms with Gasteiger partial charge in [-0.25, -0.2) is 4.98 Å². The van der Waals surface area contributed by atoms with Gasteiger partial charge in [-0.15, -0.1) is 0 Å². The molecule has 2 aromatic carbocycles. The number of benzene rings is 2. The zero-order valence-corrected chi connectivity index (χ0v) is 17.5. The second-order valence-electron chi connectivity index (χ2n) is 7.39. The van der Waals surface area contributed by atoms with Gasteiger partial charge < -0.3 is 10.1 Å². The van der Waals surface area contributed by atoms with E-state index in [1.807, 2.05) is 61.5 Å². The number of methoxy groups -OCH3 is 1. The largest absolute Gasteiger partial charge is 0.497 e. The summed E-state index contributed by atoms with van der Waals surface area (Å²) in [6, 6.07) is 20.6. The van der Waals surface area contributed by atoms with Gasteiger partial charge in [0.05, 0.1) is 13.7 Å². The number of nitrogens with one attached hydrogen (secondary N) is 1. The van der Waals surface area contributed by atoms with Gasteiger partial charge in [-0.1, -0.05) is 42.0 Å². The molecule has 4 aromatic rings. The molecular formula is C25H23N3O3. The van der Waals surface area contributed by atoms with Crippen LogP contribution in [0.25, 0.3) is 11.0 Å². The number of rotatable bonds is 6. The molecule has 4 rings (SSSR count). The van der Waals surface area contributed by atoms with Crippen LogP contribution in [0, 0.1) is 6.92 Å². The Hall–Kier alpha value is -3.93. The Bertz CT molecular complexity index is 1290. The van der Waals surface area contributed by atoms with E-state index in [0.29, 0.717) is 24.5 Å². The molecule has 0 bridgehead atoms. The molecule has 156 valence electrons. The molecule has 0 saturated heterocycles. The predicted octanol–water partition coefficient (Wildman–Crippen LogP) is 3.69. The van der Waals surface area contributed by atoms with E-state index in [9.17, 15) is 9.59 Å². The van der Waals surface area contributed by atoms with Gasteiger partial charge >= 0.3 is 0 Å². The van der Waals surface area contributed by atoms with Crippen molar-refractivity contribution in [3.8, 4) is 5.75 Å². The lowest BCUT2D eigenvalue weighted by atomic mass is 10.1. The van der Waals surface area contributed by atoms with Crippen molar-refractivity contribution in [2.24, 2.45) is 0 Å². The van der Waals surface area contributed by atoms with Gasteiger partial charge in [-0.3, -0.25) is 14.2 Å². The maximum atomic E-state index is 13.2. The van der Waals surface area contributed by atoms with Crippen LogP contribution in [0.3, 0.4) is 0 Å². The Morgan fingerprint density at radius 1 is 1.03 bits per heavy atom. The molecule has 0 fully saturated rings. The highest BCUT2D eigenvalue weighted by molar-refractivity contribution is 5.96. The number of aromatic nitrogens is 2. The molecule has 1 amide bonds. The van der Waals surface area contributed by atoms with Crippen molar-refractivity contribution in [3.05, 3.63) is 106 Å². The molecule has 0 aliphatic heterocycles. The van der Waals surface area contributed by atoms with Gasteiger partial charge in [0.1, 0.15) is 17.0 Å². The summed E-state index contributed by atoms with van der Waals surface area (Å²) in [5.41, 5.74) is 3.27. The van der Waals surface area contributed by atoms with Crippen molar-refractivity contribution in [1.82, 2.24) is 14.9 Å². The molecule has 31 heavy (non-hydrogen) atoms. The van der Waals surface area contributed by atoms with E-state index in [1.54, 1.807) is 30.0 Å². The van der Waals surface area contributed by atoms with Gasteiger partial charge in [0, 0.05) is 18.1 Å². The number of ether oxygens (including phenoxy) is 1. The average molecular weight is 413 g/mol. The molecule has 1 N–H and O–H groups in total. The smallest absolute Gasteiger partial charge is 0.265 e. The first-order chi connectivity index (χ1) is 15.0. The van der Waals surface area contributed by atoms with Gasteiger partial charge in [-0.05, 0) is 48.4 Å². The number of amides is 1. The summed E-state index contributed by atoms with van der Waals surface area (Å²) in [6.45, 7) is 2.64. The van der Waals surface area contributed by atoms with Crippen LogP contribution in [0.1, 0.15) is 27.0 Å². The molecule has 0 aliphatic rings. The molecule has 6 nitrogen and oxygen atoms in total. The summed E-state index contributed by atoms with van der Waals surface area (Å²) < 4.78 is 6.78. The number of hydrogen-bond acceptors (Lipinski definition) is 4. The van der Waals surface area contributed by atoms with E-state index in [2.05, 4.69) is 10.3 Å². The first-order valence-electron chi connectivity index (χ1n) is 10.0. The fourth-order valence-electron chi connectivity index (χ4n) is 3.45. The molecule has 2 heterocycles. The van der Waals surface area contributed by atoms with Crippen molar-refractivity contribution in [2.45, 2.75) is 20.0 Å². The Morgan fingerprint density at radius 2 is 1.84 bits per heavy atom. The van der Waals surface area contributed by atoms with Crippen LogP contribution in [0.5, 0.6) is 5.75 Å². The van der Waals surface area contributed by atoms with Crippen LogP contribution in [-0.2, 0) is 13.1 Å². The average Bonchev–Trinajstić information content (AvgIpc) is 2.80. The zero-order valence-electron chi connectivity index (χ0n) is 17.5. The normalized spacial score (nSPS) is 10.8. The van der Waals surface area contributed by atoms with E-state index in [-0.39, 0.29) is 11.1 Å². The summed E-state index contributed by atoms with van der Waals surface area (Å²) in [6.07, 6.45) is 1.65. The zero-order chi connectivity index (χ0) is 21.8. The van der Waals surface area contributed by atoms with Crippen LogP contribution in [0.15, 0.2) is 77.7 Å². The molecule has 2 aromatic heterocycles. The van der Waals surface area contributed by atoms with Crippen molar-refractivity contribution < 1.29 is 9.53 Å². The van der Waals surface area contributed by atoms with Crippen LogP contribution in [0.2, 0.25) is 0 Å². The number of aryl methyl sites for hydroxylation is 1. The quantitative estimate of drug-likeness (QED) is 0.523. The minimum absolute atomic E-state index is 0.0931. The second-order valence-corrected chi connectivity index (χ2v) is 7.39. The number of fused-ring (bicyclic) bond motifs is 1. The molecule has 0 radical (unpaired) electrons. The molecule has 0 unspecified atom stereocenters. The van der Waals surface area contributed by atoms with E-state index in [1.165, 1.54) is 0 Å². The van der Waals surface area contributed by atoms with Crippen LogP contribution in [-0.4, -0.2) is 22.6 Å². The van der Waals surface area contributed by atoms with Crippen molar-refractivity contribution in [2.75, 3.05) is 7.11 Å². The van der Waals surface area contributed by atoms with Crippen molar-refractivity contribution in [1.29, 1.82) is 0 Å². The lowest BCUT2D eigenvalue weighted by Gasteiger charge is -2.13. The number of pyridine rings is 2. The van der Waals surface area contributed by atoms with Gasteiger partial charge in [0.15, 0.2) is 0 Å². The van der Waals surface area contributed by atoms with Gasteiger partial charge in [0.25, 0.3) is 11.5 Å². The second kappa shape index (κ2) is 8.83. The third-order valence-electron chi connectivity index (χ3n) is 5.14. The Kier molecular flexibility index (Phi) is 5.80. The Morgan fingerprint density at radius 3 is 2.61 bits per heavy atom. The first-order valence-corrected chi connectivity index (χ1v) is 10.0. The summed E-state index contributed by atoms with van der Waals surface area (Å²) in [5.74, 6) is 0.292. The highest BCUT2D eigenvalue weighted by Crippen LogP contribution is 2.15. The predicted molar refractivity (Wildman–Crippen MR) is 120 cm³/mol. The number of hydrogen-bond donors (Lipinski definition) is 1. The number of carbonyl (C=O) groups is 1. The van der Waals surface area contributed by atoms with E-state index >= 15 is 0 Å². The first kappa shape index (κ1) is 20.3. The van der Waals surface area contributed by atoms with E-state index in [0.717, 1.165) is 22.1 Å². The summed E-state index contributed by atoms with van der Waals surface area (Å²) in [7, 11) is 1.59. The van der Waals surface area contributed by atoms with E-state index < -0.39 is 5.91 Å². The number of nitrogens with zero attached hydrogens (tertiary/aromatic N) is 2. The summed E-state index contributed by atoms with van der Waals surface area (Å²) in [5, 5.41) is 3.58. The maximum absolute atomic E-state index is 13.2. The third-order valence-corrected chi connectivity index (χ3v) is 5.14. The molecule has 0 spiro atoms. The molecular weight excluding hydrogens is 390 g/mol.